The highest BCUT2D eigenvalue weighted by molar-refractivity contribution is 5.30. The van der Waals surface area contributed by atoms with Gasteiger partial charge >= 0.3 is 0 Å². The first kappa shape index (κ1) is 12.4. The minimum Gasteiger partial charge on any atom is -0.396 e. The summed E-state index contributed by atoms with van der Waals surface area (Å²) in [6, 6.07) is 0. The van der Waals surface area contributed by atoms with Crippen molar-refractivity contribution >= 4 is 5.69 Å². The molecule has 96 valence electrons. The molecule has 1 saturated heterocycles. The third-order valence-corrected chi connectivity index (χ3v) is 2.94. The normalized spacial score (nSPS) is 25.0. The van der Waals surface area contributed by atoms with Crippen molar-refractivity contribution in [3.05, 3.63) is 12.4 Å². The summed E-state index contributed by atoms with van der Waals surface area (Å²) in [5.74, 6) is 0. The van der Waals surface area contributed by atoms with Crippen LogP contribution in [0.2, 0.25) is 0 Å². The number of nitrogen functional groups attached to an aromatic ring is 1. The second-order valence-electron chi connectivity index (χ2n) is 5.46. The van der Waals surface area contributed by atoms with Crippen molar-refractivity contribution in [3.8, 4) is 0 Å². The molecule has 2 N–H and O–H groups in total. The molecule has 2 rings (SSSR count). The Hall–Kier alpha value is -1.07. The third kappa shape index (κ3) is 3.44. The minimum atomic E-state index is -0.0548. The average molecular weight is 238 g/mol. The van der Waals surface area contributed by atoms with Crippen LogP contribution in [-0.4, -0.2) is 46.0 Å². The monoisotopic (exact) mass is 238 g/mol. The molecule has 17 heavy (non-hydrogen) atoms. The Kier molecular flexibility index (Phi) is 3.40. The number of hydrogen-bond acceptors (Lipinski definition) is 4. The SMILES string of the molecule is CC1CN(CCn2cc(N)cn2)CC(C)(C)O1. The molecule has 1 fully saturated rings. The van der Waals surface area contributed by atoms with Crippen LogP contribution in [0.1, 0.15) is 20.8 Å². The molecule has 1 unspecified atom stereocenters. The molecule has 0 aromatic carbocycles. The summed E-state index contributed by atoms with van der Waals surface area (Å²) in [5.41, 5.74) is 6.30. The van der Waals surface area contributed by atoms with Gasteiger partial charge in [0.25, 0.3) is 0 Å². The van der Waals surface area contributed by atoms with E-state index in [1.165, 1.54) is 0 Å². The maximum Gasteiger partial charge on any atom is 0.0757 e. The van der Waals surface area contributed by atoms with E-state index < -0.39 is 0 Å². The standard InChI is InChI=1S/C12H22N4O/c1-10-7-15(9-12(2,3)17-10)4-5-16-8-11(13)6-14-16/h6,8,10H,4-5,7,9,13H2,1-3H3. The van der Waals surface area contributed by atoms with Crippen molar-refractivity contribution in [2.45, 2.75) is 39.0 Å². The Bertz CT molecular complexity index is 374. The van der Waals surface area contributed by atoms with E-state index in [1.54, 1.807) is 6.20 Å². The number of ether oxygens (including phenoxy) is 1. The van der Waals surface area contributed by atoms with Crippen molar-refractivity contribution in [1.29, 1.82) is 0 Å². The number of aromatic nitrogens is 2. The lowest BCUT2D eigenvalue weighted by molar-refractivity contribution is -0.129. The van der Waals surface area contributed by atoms with Crippen LogP contribution in [0.15, 0.2) is 12.4 Å². The van der Waals surface area contributed by atoms with Gasteiger partial charge in [-0.25, -0.2) is 0 Å². The maximum atomic E-state index is 5.88. The van der Waals surface area contributed by atoms with Crippen molar-refractivity contribution in [1.82, 2.24) is 14.7 Å². The van der Waals surface area contributed by atoms with Gasteiger partial charge in [0, 0.05) is 25.8 Å². The molecule has 0 radical (unpaired) electrons. The fraction of sp³-hybridized carbons (Fsp3) is 0.750. The molecule has 1 atom stereocenters. The molecule has 2 heterocycles. The van der Waals surface area contributed by atoms with E-state index in [1.807, 2.05) is 10.9 Å². The number of hydrogen-bond donors (Lipinski definition) is 1. The van der Waals surface area contributed by atoms with E-state index in [9.17, 15) is 0 Å². The molecular weight excluding hydrogens is 216 g/mol. The van der Waals surface area contributed by atoms with Crippen LogP contribution in [0.5, 0.6) is 0 Å². The van der Waals surface area contributed by atoms with Crippen LogP contribution < -0.4 is 5.73 Å². The first-order valence-electron chi connectivity index (χ1n) is 6.13. The fourth-order valence-electron chi connectivity index (χ4n) is 2.50. The predicted molar refractivity (Wildman–Crippen MR) is 67.7 cm³/mol. The Labute approximate surface area is 103 Å². The zero-order chi connectivity index (χ0) is 12.5. The van der Waals surface area contributed by atoms with Gasteiger partial charge in [0.2, 0.25) is 0 Å². The van der Waals surface area contributed by atoms with Gasteiger partial charge in [-0.15, -0.1) is 0 Å². The van der Waals surface area contributed by atoms with E-state index in [2.05, 4.69) is 30.8 Å². The highest BCUT2D eigenvalue weighted by Crippen LogP contribution is 2.20. The van der Waals surface area contributed by atoms with E-state index in [0.717, 1.165) is 31.9 Å². The Morgan fingerprint density at radius 2 is 2.29 bits per heavy atom. The quantitative estimate of drug-likeness (QED) is 0.852. The summed E-state index contributed by atoms with van der Waals surface area (Å²) in [4.78, 5) is 2.42. The number of anilines is 1. The van der Waals surface area contributed by atoms with Crippen LogP contribution in [0, 0.1) is 0 Å². The minimum absolute atomic E-state index is 0.0548. The third-order valence-electron chi connectivity index (χ3n) is 2.94. The van der Waals surface area contributed by atoms with Gasteiger partial charge in [0.05, 0.1) is 30.1 Å². The van der Waals surface area contributed by atoms with Crippen LogP contribution in [0.3, 0.4) is 0 Å². The lowest BCUT2D eigenvalue weighted by Gasteiger charge is -2.41. The first-order valence-corrected chi connectivity index (χ1v) is 6.13. The van der Waals surface area contributed by atoms with Crippen LogP contribution in [0.4, 0.5) is 5.69 Å². The lowest BCUT2D eigenvalue weighted by Crippen LogP contribution is -2.52. The Morgan fingerprint density at radius 3 is 2.88 bits per heavy atom. The van der Waals surface area contributed by atoms with Crippen molar-refractivity contribution in [2.75, 3.05) is 25.4 Å². The van der Waals surface area contributed by atoms with E-state index in [4.69, 9.17) is 10.5 Å². The van der Waals surface area contributed by atoms with E-state index in [-0.39, 0.29) is 5.60 Å². The zero-order valence-corrected chi connectivity index (χ0v) is 10.9. The van der Waals surface area contributed by atoms with Gasteiger partial charge in [-0.05, 0) is 20.8 Å². The van der Waals surface area contributed by atoms with Gasteiger partial charge in [0.1, 0.15) is 0 Å². The summed E-state index contributed by atoms with van der Waals surface area (Å²) in [7, 11) is 0. The maximum absolute atomic E-state index is 5.88. The van der Waals surface area contributed by atoms with Gasteiger partial charge < -0.3 is 10.5 Å². The molecule has 5 nitrogen and oxygen atoms in total. The summed E-state index contributed by atoms with van der Waals surface area (Å²) < 4.78 is 7.77. The molecule has 0 bridgehead atoms. The van der Waals surface area contributed by atoms with Crippen molar-refractivity contribution in [2.24, 2.45) is 0 Å². The summed E-state index contributed by atoms with van der Waals surface area (Å²) in [6.45, 7) is 10.2. The summed E-state index contributed by atoms with van der Waals surface area (Å²) in [6.07, 6.45) is 3.85. The van der Waals surface area contributed by atoms with Gasteiger partial charge in [0.15, 0.2) is 0 Å². The smallest absolute Gasteiger partial charge is 0.0757 e. The molecular formula is C12H22N4O. The largest absolute Gasteiger partial charge is 0.396 e. The molecule has 0 amide bonds. The molecule has 0 saturated carbocycles. The highest BCUT2D eigenvalue weighted by Gasteiger charge is 2.30. The van der Waals surface area contributed by atoms with E-state index >= 15 is 0 Å². The predicted octanol–water partition coefficient (Wildman–Crippen LogP) is 0.965. The van der Waals surface area contributed by atoms with Gasteiger partial charge in [-0.3, -0.25) is 9.58 Å². The number of rotatable bonds is 3. The number of nitrogens with two attached hydrogens (primary N) is 1. The number of nitrogens with zero attached hydrogens (tertiary/aromatic N) is 3. The summed E-state index contributed by atoms with van der Waals surface area (Å²) >= 11 is 0. The first-order chi connectivity index (χ1) is 7.94. The summed E-state index contributed by atoms with van der Waals surface area (Å²) in [5, 5.41) is 4.19. The fourth-order valence-corrected chi connectivity index (χ4v) is 2.50. The number of morpholine rings is 1. The second-order valence-corrected chi connectivity index (χ2v) is 5.46. The van der Waals surface area contributed by atoms with Crippen LogP contribution >= 0.6 is 0 Å². The average Bonchev–Trinajstić information content (AvgIpc) is 2.58. The molecule has 1 aliphatic heterocycles. The Balaban J connectivity index is 1.86. The molecule has 0 aliphatic carbocycles. The molecule has 1 aromatic rings. The topological polar surface area (TPSA) is 56.3 Å². The molecule has 1 aromatic heterocycles. The second kappa shape index (κ2) is 4.66. The lowest BCUT2D eigenvalue weighted by atomic mass is 10.1. The molecule has 0 spiro atoms. The van der Waals surface area contributed by atoms with Crippen molar-refractivity contribution in [3.63, 3.8) is 0 Å². The van der Waals surface area contributed by atoms with Crippen LogP contribution in [0.25, 0.3) is 0 Å². The molecule has 1 aliphatic rings. The zero-order valence-electron chi connectivity index (χ0n) is 10.9. The van der Waals surface area contributed by atoms with Crippen molar-refractivity contribution < 1.29 is 4.74 Å². The molecule has 5 heteroatoms. The Morgan fingerprint density at radius 1 is 1.53 bits per heavy atom. The van der Waals surface area contributed by atoms with Crippen LogP contribution in [-0.2, 0) is 11.3 Å². The van der Waals surface area contributed by atoms with Gasteiger partial charge in [-0.1, -0.05) is 0 Å². The highest BCUT2D eigenvalue weighted by atomic mass is 16.5. The van der Waals surface area contributed by atoms with Gasteiger partial charge in [-0.2, -0.15) is 5.10 Å². The van der Waals surface area contributed by atoms with E-state index in [0.29, 0.717) is 6.10 Å².